The molecule has 2 saturated heterocycles. The molecule has 2 heterocycles. The summed E-state index contributed by atoms with van der Waals surface area (Å²) in [5.41, 5.74) is -0.995. The maximum atomic E-state index is 12.8. The van der Waals surface area contributed by atoms with E-state index in [4.69, 9.17) is 18.9 Å². The highest BCUT2D eigenvalue weighted by atomic mass is 16.7. The lowest BCUT2D eigenvalue weighted by Crippen LogP contribution is -2.68. The fourth-order valence-electron chi connectivity index (χ4n) is 5.88. The molecule has 0 aromatic heterocycles. The Hall–Kier alpha value is -0.570. The van der Waals surface area contributed by atoms with E-state index >= 15 is 0 Å². The molecule has 2 aliphatic heterocycles. The molecule has 2 saturated carbocycles. The van der Waals surface area contributed by atoms with E-state index in [0.717, 1.165) is 25.7 Å². The van der Waals surface area contributed by atoms with Crippen LogP contribution in [-0.4, -0.2) is 65.6 Å². The monoisotopic (exact) mass is 383 g/mol. The van der Waals surface area contributed by atoms with Crippen molar-refractivity contribution in [1.29, 1.82) is 0 Å². The van der Waals surface area contributed by atoms with Crippen LogP contribution in [0.1, 0.15) is 71.1 Å². The summed E-state index contributed by atoms with van der Waals surface area (Å²) in [6.45, 7) is 3.83. The van der Waals surface area contributed by atoms with Crippen molar-refractivity contribution in [3.8, 4) is 0 Å². The molecule has 3 spiro atoms. The predicted molar refractivity (Wildman–Crippen MR) is 96.3 cm³/mol. The maximum absolute atomic E-state index is 12.8. The molecule has 1 N–H and O–H groups in total. The molecule has 0 bridgehead atoms. The SMILES string of the molecule is CCOC1(OC)CCC2(CC1)CC(=O)CC1(CCC3(CC1)OCCO3)N2O. The summed E-state index contributed by atoms with van der Waals surface area (Å²) in [5.74, 6) is -0.825. The fraction of sp³-hybridized carbons (Fsp3) is 0.950. The minimum Gasteiger partial charge on any atom is -0.353 e. The van der Waals surface area contributed by atoms with Gasteiger partial charge >= 0.3 is 0 Å². The third-order valence-electron chi connectivity index (χ3n) is 7.43. The van der Waals surface area contributed by atoms with Crippen LogP contribution in [-0.2, 0) is 23.7 Å². The van der Waals surface area contributed by atoms with Crippen LogP contribution in [0, 0.1) is 0 Å². The molecule has 0 aromatic carbocycles. The van der Waals surface area contributed by atoms with E-state index in [1.807, 2.05) is 6.92 Å². The Morgan fingerprint density at radius 3 is 1.96 bits per heavy atom. The van der Waals surface area contributed by atoms with Crippen LogP contribution in [0.15, 0.2) is 0 Å². The third-order valence-corrected chi connectivity index (χ3v) is 7.43. The summed E-state index contributed by atoms with van der Waals surface area (Å²) in [5, 5.41) is 13.0. The predicted octanol–water partition coefficient (Wildman–Crippen LogP) is 2.79. The number of hydrogen-bond acceptors (Lipinski definition) is 7. The van der Waals surface area contributed by atoms with Gasteiger partial charge in [-0.05, 0) is 32.6 Å². The second-order valence-electron chi connectivity index (χ2n) is 8.81. The highest BCUT2D eigenvalue weighted by Crippen LogP contribution is 2.53. The van der Waals surface area contributed by atoms with Crippen molar-refractivity contribution in [2.24, 2.45) is 0 Å². The second kappa shape index (κ2) is 7.04. The molecule has 7 nitrogen and oxygen atoms in total. The van der Waals surface area contributed by atoms with E-state index < -0.39 is 22.7 Å². The van der Waals surface area contributed by atoms with Crippen LogP contribution in [0.2, 0.25) is 0 Å². The van der Waals surface area contributed by atoms with Gasteiger partial charge < -0.3 is 24.2 Å². The number of rotatable bonds is 3. The minimum absolute atomic E-state index is 0.255. The minimum atomic E-state index is -0.587. The summed E-state index contributed by atoms with van der Waals surface area (Å²) in [4.78, 5) is 12.8. The zero-order valence-corrected chi connectivity index (χ0v) is 16.6. The van der Waals surface area contributed by atoms with E-state index in [0.29, 0.717) is 58.3 Å². The smallest absolute Gasteiger partial charge is 0.168 e. The Morgan fingerprint density at radius 2 is 1.48 bits per heavy atom. The quantitative estimate of drug-likeness (QED) is 0.751. The fourth-order valence-corrected chi connectivity index (χ4v) is 5.88. The molecule has 0 atom stereocenters. The molecule has 7 heteroatoms. The van der Waals surface area contributed by atoms with Crippen LogP contribution in [0.3, 0.4) is 0 Å². The van der Waals surface area contributed by atoms with Crippen LogP contribution in [0.4, 0.5) is 0 Å². The standard InChI is InChI=1S/C20H33NO6/c1-3-25-19(24-2)8-4-17(5-9-19)14-16(22)15-18(21(17)23)6-10-20(11-7-18)26-12-13-27-20/h23H,3-15H2,1-2H3. The largest absolute Gasteiger partial charge is 0.353 e. The van der Waals surface area contributed by atoms with Gasteiger partial charge in [0, 0.05) is 52.2 Å². The van der Waals surface area contributed by atoms with Crippen molar-refractivity contribution in [2.75, 3.05) is 26.9 Å². The van der Waals surface area contributed by atoms with Gasteiger partial charge in [0.15, 0.2) is 11.6 Å². The van der Waals surface area contributed by atoms with Crippen LogP contribution >= 0.6 is 0 Å². The lowest BCUT2D eigenvalue weighted by atomic mass is 9.65. The number of carbonyl (C=O) groups excluding carboxylic acids is 1. The molecule has 0 unspecified atom stereocenters. The van der Waals surface area contributed by atoms with Crippen LogP contribution in [0.5, 0.6) is 0 Å². The number of ketones is 1. The lowest BCUT2D eigenvalue weighted by Gasteiger charge is -2.59. The number of piperidine rings is 1. The highest BCUT2D eigenvalue weighted by Gasteiger charge is 2.59. The van der Waals surface area contributed by atoms with Gasteiger partial charge in [-0.25, -0.2) is 0 Å². The van der Waals surface area contributed by atoms with Gasteiger partial charge in [0.2, 0.25) is 0 Å². The number of Topliss-reactive ketones (excluding diaryl/α,β-unsaturated/α-hetero) is 1. The lowest BCUT2D eigenvalue weighted by molar-refractivity contribution is -0.310. The zero-order valence-electron chi connectivity index (χ0n) is 16.6. The number of methoxy groups -OCH3 is 1. The first-order valence-corrected chi connectivity index (χ1v) is 10.4. The topological polar surface area (TPSA) is 77.5 Å². The van der Waals surface area contributed by atoms with Gasteiger partial charge in [-0.2, -0.15) is 5.06 Å². The van der Waals surface area contributed by atoms with Gasteiger partial charge in [0.1, 0.15) is 5.78 Å². The normalized spacial score (nSPS) is 38.9. The second-order valence-corrected chi connectivity index (χ2v) is 8.81. The van der Waals surface area contributed by atoms with Gasteiger partial charge in [0.05, 0.1) is 24.3 Å². The Balaban J connectivity index is 1.51. The summed E-state index contributed by atoms with van der Waals surface area (Å²) in [6.07, 6.45) is 6.50. The van der Waals surface area contributed by atoms with Crippen molar-refractivity contribution >= 4 is 5.78 Å². The number of ether oxygens (including phenoxy) is 4. The van der Waals surface area contributed by atoms with Crippen LogP contribution < -0.4 is 0 Å². The van der Waals surface area contributed by atoms with Crippen molar-refractivity contribution in [1.82, 2.24) is 5.06 Å². The Labute approximate surface area is 161 Å². The molecule has 154 valence electrons. The van der Waals surface area contributed by atoms with E-state index in [1.54, 1.807) is 12.2 Å². The average molecular weight is 383 g/mol. The summed E-state index contributed by atoms with van der Waals surface area (Å²) < 4.78 is 23.2. The summed E-state index contributed by atoms with van der Waals surface area (Å²) >= 11 is 0. The highest BCUT2D eigenvalue weighted by molar-refractivity contribution is 5.82. The molecule has 0 amide bonds. The van der Waals surface area contributed by atoms with Crippen molar-refractivity contribution < 1.29 is 28.9 Å². The molecule has 0 radical (unpaired) electrons. The molecular formula is C20H33NO6. The van der Waals surface area contributed by atoms with Gasteiger partial charge in [-0.3, -0.25) is 4.79 Å². The van der Waals surface area contributed by atoms with Gasteiger partial charge in [0.25, 0.3) is 0 Å². The zero-order chi connectivity index (χ0) is 19.2. The maximum Gasteiger partial charge on any atom is 0.168 e. The summed E-state index contributed by atoms with van der Waals surface area (Å²) in [6, 6.07) is 0. The molecule has 2 aliphatic carbocycles. The van der Waals surface area contributed by atoms with Crippen LogP contribution in [0.25, 0.3) is 0 Å². The number of carbonyl (C=O) groups is 1. The van der Waals surface area contributed by atoms with E-state index in [1.165, 1.54) is 0 Å². The average Bonchev–Trinajstić information content (AvgIpc) is 3.13. The van der Waals surface area contributed by atoms with Gasteiger partial charge in [-0.1, -0.05) is 0 Å². The Morgan fingerprint density at radius 1 is 0.963 bits per heavy atom. The van der Waals surface area contributed by atoms with Crippen molar-refractivity contribution in [3.63, 3.8) is 0 Å². The molecule has 4 fully saturated rings. The Bertz CT molecular complexity index is 555. The first-order chi connectivity index (χ1) is 12.9. The molecular weight excluding hydrogens is 350 g/mol. The van der Waals surface area contributed by atoms with Crippen molar-refractivity contribution in [2.45, 2.75) is 93.8 Å². The third kappa shape index (κ3) is 3.26. The number of hydroxylamine groups is 2. The van der Waals surface area contributed by atoms with E-state index in [9.17, 15) is 10.0 Å². The number of nitrogens with zero attached hydrogens (tertiary/aromatic N) is 1. The molecule has 4 rings (SSSR count). The summed E-state index contributed by atoms with van der Waals surface area (Å²) in [7, 11) is 1.68. The molecule has 27 heavy (non-hydrogen) atoms. The molecule has 4 aliphatic rings. The Kier molecular flexibility index (Phi) is 5.15. The first kappa shape index (κ1) is 19.7. The number of hydrogen-bond donors (Lipinski definition) is 1. The van der Waals surface area contributed by atoms with Crippen molar-refractivity contribution in [3.05, 3.63) is 0 Å². The van der Waals surface area contributed by atoms with E-state index in [2.05, 4.69) is 0 Å². The van der Waals surface area contributed by atoms with E-state index in [-0.39, 0.29) is 5.78 Å². The molecule has 0 aromatic rings. The van der Waals surface area contributed by atoms with Gasteiger partial charge in [-0.15, -0.1) is 0 Å². The first-order valence-electron chi connectivity index (χ1n) is 10.4.